The lowest BCUT2D eigenvalue weighted by Crippen LogP contribution is -2.44. The number of benzene rings is 7. The van der Waals surface area contributed by atoms with Crippen molar-refractivity contribution in [1.82, 2.24) is 10.6 Å². The first-order valence-electron chi connectivity index (χ1n) is 23.0. The first-order chi connectivity index (χ1) is 33.6. The largest absolute Gasteiger partial charge is 0.481 e. The predicted molar refractivity (Wildman–Crippen MR) is 263 cm³/mol. The molecule has 0 bridgehead atoms. The third-order valence-corrected chi connectivity index (χ3v) is 12.6. The zero-order valence-corrected chi connectivity index (χ0v) is 37.8. The van der Waals surface area contributed by atoms with Crippen molar-refractivity contribution in [2.45, 2.75) is 49.6 Å². The Morgan fingerprint density at radius 3 is 1.09 bits per heavy atom. The molecule has 4 N–H and O–H groups in total. The van der Waals surface area contributed by atoms with Gasteiger partial charge in [-0.1, -0.05) is 188 Å². The van der Waals surface area contributed by atoms with Crippen molar-refractivity contribution in [2.24, 2.45) is 5.92 Å². The van der Waals surface area contributed by atoms with E-state index in [-0.39, 0.29) is 56.5 Å². The van der Waals surface area contributed by atoms with Crippen LogP contribution in [0.2, 0.25) is 0 Å². The highest BCUT2D eigenvalue weighted by Crippen LogP contribution is 2.45. The molecule has 0 saturated heterocycles. The van der Waals surface area contributed by atoms with Gasteiger partial charge in [-0.25, -0.2) is 14.4 Å². The monoisotopic (exact) mass is 920 g/mol. The summed E-state index contributed by atoms with van der Waals surface area (Å²) in [7, 11) is 0. The van der Waals surface area contributed by atoms with Crippen molar-refractivity contribution >= 4 is 29.9 Å². The molecule has 0 spiro atoms. The van der Waals surface area contributed by atoms with Crippen LogP contribution in [0.15, 0.2) is 188 Å². The molecular formula is C58H52N2O9. The molecule has 3 atom stereocenters. The minimum Gasteiger partial charge on any atom is -0.481 e. The molecule has 0 aliphatic heterocycles. The van der Waals surface area contributed by atoms with Gasteiger partial charge in [0.25, 0.3) is 0 Å². The second-order valence-electron chi connectivity index (χ2n) is 17.2. The highest BCUT2D eigenvalue weighted by molar-refractivity contribution is 5.91. The number of rotatable bonds is 17. The van der Waals surface area contributed by atoms with E-state index >= 15 is 0 Å². The molecule has 9 rings (SSSR count). The molecule has 0 heterocycles. The molecule has 7 aromatic rings. The molecule has 0 fully saturated rings. The van der Waals surface area contributed by atoms with Gasteiger partial charge in [0.15, 0.2) is 5.78 Å². The van der Waals surface area contributed by atoms with Gasteiger partial charge >= 0.3 is 24.1 Å². The van der Waals surface area contributed by atoms with Crippen LogP contribution in [0, 0.1) is 5.92 Å². The number of amides is 2. The molecule has 2 aliphatic rings. The van der Waals surface area contributed by atoms with Crippen molar-refractivity contribution in [3.05, 3.63) is 227 Å². The highest BCUT2D eigenvalue weighted by Gasteiger charge is 2.33. The van der Waals surface area contributed by atoms with Crippen molar-refractivity contribution in [1.29, 1.82) is 0 Å². The van der Waals surface area contributed by atoms with Crippen LogP contribution in [0.25, 0.3) is 22.3 Å². The third-order valence-electron chi connectivity index (χ3n) is 12.6. The van der Waals surface area contributed by atoms with Crippen LogP contribution >= 0.6 is 0 Å². The fourth-order valence-corrected chi connectivity index (χ4v) is 9.24. The van der Waals surface area contributed by atoms with Gasteiger partial charge in [0.1, 0.15) is 19.3 Å². The van der Waals surface area contributed by atoms with Crippen molar-refractivity contribution in [3.63, 3.8) is 0 Å². The zero-order valence-electron chi connectivity index (χ0n) is 37.8. The SMILES string of the molecule is O=C(N[C@@H](Cc1ccccc1)C(=O)C[C@@H](Cc1ccccc1)C(=O)O)OCC1c2ccccc2-c2ccccc21.O=C(N[C@@H](Cc1ccccc1)C(=O)O)OCC1c2ccccc2-c2ccccc21. The summed E-state index contributed by atoms with van der Waals surface area (Å²) in [5.41, 5.74) is 11.5. The molecule has 11 nitrogen and oxygen atoms in total. The zero-order chi connectivity index (χ0) is 48.1. The summed E-state index contributed by atoms with van der Waals surface area (Å²) in [5.74, 6) is -3.56. The van der Waals surface area contributed by atoms with Gasteiger partial charge in [-0.15, -0.1) is 0 Å². The lowest BCUT2D eigenvalue weighted by Gasteiger charge is -2.21. The Kier molecular flexibility index (Phi) is 15.4. The number of hydrogen-bond acceptors (Lipinski definition) is 7. The molecule has 0 aromatic heterocycles. The van der Waals surface area contributed by atoms with Crippen LogP contribution in [0.4, 0.5) is 9.59 Å². The Morgan fingerprint density at radius 1 is 0.406 bits per heavy atom. The minimum atomic E-state index is -1.10. The first kappa shape index (κ1) is 47.2. The summed E-state index contributed by atoms with van der Waals surface area (Å²) >= 11 is 0. The molecule has 11 heteroatoms. The van der Waals surface area contributed by atoms with Gasteiger partial charge in [-0.3, -0.25) is 9.59 Å². The van der Waals surface area contributed by atoms with Crippen LogP contribution in [-0.2, 0) is 43.1 Å². The molecule has 2 amide bonds. The van der Waals surface area contributed by atoms with E-state index in [4.69, 9.17) is 9.47 Å². The van der Waals surface area contributed by atoms with Crippen LogP contribution in [0.5, 0.6) is 0 Å². The molecule has 69 heavy (non-hydrogen) atoms. The number of Topliss-reactive ketones (excluding diaryl/α,β-unsaturated/α-hetero) is 1. The number of carboxylic acids is 2. The average molecular weight is 921 g/mol. The van der Waals surface area contributed by atoms with E-state index in [0.717, 1.165) is 61.2 Å². The number of ether oxygens (including phenoxy) is 2. The fourth-order valence-electron chi connectivity index (χ4n) is 9.24. The fraction of sp³-hybridized carbons (Fsp3) is 0.190. The number of carbonyl (C=O) groups excluding carboxylic acids is 3. The van der Waals surface area contributed by atoms with E-state index < -0.39 is 42.1 Å². The maximum absolute atomic E-state index is 13.4. The summed E-state index contributed by atoms with van der Waals surface area (Å²) in [5, 5.41) is 24.5. The van der Waals surface area contributed by atoms with Crippen molar-refractivity contribution in [2.75, 3.05) is 13.2 Å². The Labute approximate surface area is 400 Å². The number of carboxylic acid groups (broad SMARTS) is 2. The van der Waals surface area contributed by atoms with E-state index in [1.807, 2.05) is 164 Å². The minimum absolute atomic E-state index is 0.0643. The second-order valence-corrected chi connectivity index (χ2v) is 17.2. The summed E-state index contributed by atoms with van der Waals surface area (Å²) < 4.78 is 11.1. The van der Waals surface area contributed by atoms with Gasteiger partial charge < -0.3 is 30.3 Å². The molecule has 0 unspecified atom stereocenters. The number of nitrogens with one attached hydrogen (secondary N) is 2. The topological polar surface area (TPSA) is 168 Å². The number of fused-ring (bicyclic) bond motifs is 6. The summed E-state index contributed by atoms with van der Waals surface area (Å²) in [6.07, 6.45) is -0.973. The summed E-state index contributed by atoms with van der Waals surface area (Å²) in [4.78, 5) is 62.4. The van der Waals surface area contributed by atoms with Crippen LogP contribution in [0.3, 0.4) is 0 Å². The van der Waals surface area contributed by atoms with E-state index in [1.165, 1.54) is 0 Å². The molecule has 2 aliphatic carbocycles. The van der Waals surface area contributed by atoms with Gasteiger partial charge in [-0.05, 0) is 74.0 Å². The number of alkyl carbamates (subject to hydrolysis) is 2. The third kappa shape index (κ3) is 11.8. The smallest absolute Gasteiger partial charge is 0.407 e. The van der Waals surface area contributed by atoms with Gasteiger partial charge in [0.05, 0.1) is 12.0 Å². The number of ketones is 1. The van der Waals surface area contributed by atoms with E-state index in [0.29, 0.717) is 0 Å². The standard InChI is InChI=1S/C34H31NO5.C24H21NO4/c36-32(21-25(33(37)38)19-23-11-3-1-4-12-23)31(20-24-13-5-2-6-14-24)35-34(39)40-22-30-28-17-9-7-15-26(28)27-16-8-10-18-29(27)30;26-23(27)22(14-16-8-2-1-3-9-16)25-24(28)29-15-21-19-12-6-4-10-17(19)18-11-5-7-13-20(18)21/h1-18,25,30-31H,19-22H2,(H,35,39)(H,37,38);1-13,21-22H,14-15H2,(H,25,28)(H,26,27)/t25-,31+;22-/m10/s1. The number of aliphatic carboxylic acids is 2. The molecule has 0 radical (unpaired) electrons. The van der Waals surface area contributed by atoms with Crippen molar-refractivity contribution < 1.29 is 43.7 Å². The number of carbonyl (C=O) groups is 5. The lowest BCUT2D eigenvalue weighted by molar-refractivity contribution is -0.144. The Morgan fingerprint density at radius 2 is 0.725 bits per heavy atom. The van der Waals surface area contributed by atoms with Crippen LogP contribution < -0.4 is 10.6 Å². The molecule has 7 aromatic carbocycles. The first-order valence-corrected chi connectivity index (χ1v) is 23.0. The summed E-state index contributed by atoms with van der Waals surface area (Å²) in [6.45, 7) is 0.273. The van der Waals surface area contributed by atoms with Gasteiger partial charge in [0, 0.05) is 24.7 Å². The maximum Gasteiger partial charge on any atom is 0.407 e. The summed E-state index contributed by atoms with van der Waals surface area (Å²) in [6, 6.07) is 58.1. The lowest BCUT2D eigenvalue weighted by atomic mass is 9.90. The normalized spacial score (nSPS) is 13.4. The van der Waals surface area contributed by atoms with Gasteiger partial charge in [0.2, 0.25) is 0 Å². The van der Waals surface area contributed by atoms with Crippen LogP contribution in [0.1, 0.15) is 57.2 Å². The van der Waals surface area contributed by atoms with E-state index in [9.17, 15) is 34.2 Å². The molecule has 0 saturated carbocycles. The Balaban J connectivity index is 0.000000196. The second kappa shape index (κ2) is 22.5. The molecular weight excluding hydrogens is 869 g/mol. The van der Waals surface area contributed by atoms with Crippen molar-refractivity contribution in [3.8, 4) is 22.3 Å². The Bertz CT molecular complexity index is 2820. The maximum atomic E-state index is 13.4. The predicted octanol–water partition coefficient (Wildman–Crippen LogP) is 10.3. The quantitative estimate of drug-likeness (QED) is 0.0695. The number of hydrogen-bond donors (Lipinski definition) is 4. The highest BCUT2D eigenvalue weighted by atomic mass is 16.6. The van der Waals surface area contributed by atoms with Crippen LogP contribution in [-0.4, -0.2) is 65.4 Å². The van der Waals surface area contributed by atoms with E-state index in [1.54, 1.807) is 0 Å². The van der Waals surface area contributed by atoms with E-state index in [2.05, 4.69) is 34.9 Å². The Hall–Kier alpha value is -8.31. The average Bonchev–Trinajstić information content (AvgIpc) is 3.87. The molecule has 348 valence electrons. The van der Waals surface area contributed by atoms with Gasteiger partial charge in [-0.2, -0.15) is 0 Å².